The highest BCUT2D eigenvalue weighted by Gasteiger charge is 2.19. The Labute approximate surface area is 139 Å². The first-order valence-electron chi connectivity index (χ1n) is 7.60. The van der Waals surface area contributed by atoms with Crippen molar-refractivity contribution < 1.29 is 14.3 Å². The third kappa shape index (κ3) is 4.63. The molecule has 0 radical (unpaired) electrons. The Morgan fingerprint density at radius 3 is 2.91 bits per heavy atom. The molecule has 0 saturated carbocycles. The number of nitrogens with one attached hydrogen (secondary N) is 1. The van der Waals surface area contributed by atoms with Crippen molar-refractivity contribution in [1.29, 1.82) is 0 Å². The molecule has 0 fully saturated rings. The smallest absolute Gasteiger partial charge is 0.350 e. The van der Waals surface area contributed by atoms with Gasteiger partial charge in [-0.25, -0.2) is 9.78 Å². The number of nitrogens with zero attached hydrogens (tertiary/aromatic N) is 1. The van der Waals surface area contributed by atoms with Crippen LogP contribution in [0.15, 0.2) is 24.3 Å². The van der Waals surface area contributed by atoms with Crippen LogP contribution in [0.2, 0.25) is 0 Å². The molecular weight excluding hydrogens is 312 g/mol. The Kier molecular flexibility index (Phi) is 6.29. The van der Waals surface area contributed by atoms with Crippen molar-refractivity contribution in [2.45, 2.75) is 26.7 Å². The van der Waals surface area contributed by atoms with E-state index < -0.39 is 0 Å². The SMILES string of the molecule is CCOC(=O)c1sc(CC)nc1Cc1cccc(NCC=O)c1. The number of rotatable bonds is 8. The van der Waals surface area contributed by atoms with Crippen LogP contribution in [-0.4, -0.2) is 30.4 Å². The summed E-state index contributed by atoms with van der Waals surface area (Å²) in [4.78, 5) is 27.7. The molecule has 1 heterocycles. The third-order valence-electron chi connectivity index (χ3n) is 3.19. The second-order valence-electron chi connectivity index (χ2n) is 4.88. The fourth-order valence-corrected chi connectivity index (χ4v) is 3.09. The van der Waals surface area contributed by atoms with Gasteiger partial charge in [-0.3, -0.25) is 0 Å². The normalized spacial score (nSPS) is 10.3. The van der Waals surface area contributed by atoms with Crippen molar-refractivity contribution in [2.24, 2.45) is 0 Å². The first-order chi connectivity index (χ1) is 11.2. The van der Waals surface area contributed by atoms with Gasteiger partial charge in [-0.1, -0.05) is 19.1 Å². The predicted molar refractivity (Wildman–Crippen MR) is 91.3 cm³/mol. The van der Waals surface area contributed by atoms with Crippen LogP contribution in [0.5, 0.6) is 0 Å². The van der Waals surface area contributed by atoms with Crippen LogP contribution in [0.3, 0.4) is 0 Å². The molecule has 5 nitrogen and oxygen atoms in total. The van der Waals surface area contributed by atoms with Crippen molar-refractivity contribution in [2.75, 3.05) is 18.5 Å². The van der Waals surface area contributed by atoms with Gasteiger partial charge in [0, 0.05) is 12.1 Å². The van der Waals surface area contributed by atoms with Gasteiger partial charge in [0.2, 0.25) is 0 Å². The Morgan fingerprint density at radius 2 is 2.22 bits per heavy atom. The van der Waals surface area contributed by atoms with Gasteiger partial charge in [0.1, 0.15) is 11.2 Å². The summed E-state index contributed by atoms with van der Waals surface area (Å²) in [6.07, 6.45) is 2.17. The number of hydrogen-bond donors (Lipinski definition) is 1. The molecular formula is C17H20N2O3S. The molecule has 6 heteroatoms. The number of carbonyl (C=O) groups is 2. The molecule has 0 aliphatic carbocycles. The number of aryl methyl sites for hydroxylation is 1. The number of aldehydes is 1. The van der Waals surface area contributed by atoms with Crippen molar-refractivity contribution in [3.63, 3.8) is 0 Å². The van der Waals surface area contributed by atoms with E-state index in [9.17, 15) is 9.59 Å². The molecule has 1 aromatic heterocycles. The number of carbonyl (C=O) groups excluding carboxylic acids is 2. The van der Waals surface area contributed by atoms with Crippen LogP contribution in [0.25, 0.3) is 0 Å². The second kappa shape index (κ2) is 8.43. The molecule has 0 aliphatic heterocycles. The van der Waals surface area contributed by atoms with Crippen LogP contribution >= 0.6 is 11.3 Å². The Hall–Kier alpha value is -2.21. The lowest BCUT2D eigenvalue weighted by Gasteiger charge is -2.06. The zero-order valence-corrected chi connectivity index (χ0v) is 14.1. The molecule has 1 aromatic carbocycles. The lowest BCUT2D eigenvalue weighted by atomic mass is 10.1. The summed E-state index contributed by atoms with van der Waals surface area (Å²) in [5.41, 5.74) is 2.65. The number of anilines is 1. The van der Waals surface area contributed by atoms with Crippen molar-refractivity contribution in [3.8, 4) is 0 Å². The van der Waals surface area contributed by atoms with E-state index in [2.05, 4.69) is 10.3 Å². The number of aromatic nitrogens is 1. The maximum atomic E-state index is 12.1. The highest BCUT2D eigenvalue weighted by molar-refractivity contribution is 7.13. The van der Waals surface area contributed by atoms with E-state index in [1.54, 1.807) is 6.92 Å². The van der Waals surface area contributed by atoms with Gasteiger partial charge in [-0.05, 0) is 31.0 Å². The van der Waals surface area contributed by atoms with E-state index >= 15 is 0 Å². The Balaban J connectivity index is 2.23. The summed E-state index contributed by atoms with van der Waals surface area (Å²) < 4.78 is 5.12. The fourth-order valence-electron chi connectivity index (χ4n) is 2.17. The molecule has 0 amide bonds. The van der Waals surface area contributed by atoms with Crippen LogP contribution in [0.1, 0.15) is 39.8 Å². The third-order valence-corrected chi connectivity index (χ3v) is 4.41. The fraction of sp³-hybridized carbons (Fsp3) is 0.353. The number of ether oxygens (including phenoxy) is 1. The van der Waals surface area contributed by atoms with E-state index in [0.29, 0.717) is 17.9 Å². The highest BCUT2D eigenvalue weighted by Crippen LogP contribution is 2.24. The molecule has 0 bridgehead atoms. The molecule has 23 heavy (non-hydrogen) atoms. The minimum Gasteiger partial charge on any atom is -0.462 e. The van der Waals surface area contributed by atoms with E-state index in [1.165, 1.54) is 11.3 Å². The summed E-state index contributed by atoms with van der Waals surface area (Å²) >= 11 is 1.40. The standard InChI is InChI=1S/C17H20N2O3S/c1-3-15-19-14(16(23-15)17(21)22-4-2)11-12-6-5-7-13(10-12)18-8-9-20/h5-7,9-10,18H,3-4,8,11H2,1-2H3. The van der Waals surface area contributed by atoms with Crippen LogP contribution < -0.4 is 5.32 Å². The van der Waals surface area contributed by atoms with Crippen LogP contribution in [0.4, 0.5) is 5.69 Å². The van der Waals surface area contributed by atoms with Crippen molar-refractivity contribution in [1.82, 2.24) is 4.98 Å². The minimum absolute atomic E-state index is 0.272. The lowest BCUT2D eigenvalue weighted by Crippen LogP contribution is -2.06. The molecule has 122 valence electrons. The Bertz CT molecular complexity index is 682. The quantitative estimate of drug-likeness (QED) is 0.594. The zero-order valence-electron chi connectivity index (χ0n) is 13.3. The summed E-state index contributed by atoms with van der Waals surface area (Å²) in [5, 5.41) is 3.95. The molecule has 1 N–H and O–H groups in total. The van der Waals surface area contributed by atoms with Crippen molar-refractivity contribution >= 4 is 29.3 Å². The summed E-state index contributed by atoms with van der Waals surface area (Å²) in [6.45, 7) is 4.43. The predicted octanol–water partition coefficient (Wildman–Crippen LogP) is 3.08. The van der Waals surface area contributed by atoms with Gasteiger partial charge in [-0.2, -0.15) is 0 Å². The number of hydrogen-bond acceptors (Lipinski definition) is 6. The maximum absolute atomic E-state index is 12.1. The monoisotopic (exact) mass is 332 g/mol. The van der Waals surface area contributed by atoms with Crippen molar-refractivity contribution in [3.05, 3.63) is 45.4 Å². The van der Waals surface area contributed by atoms with Gasteiger partial charge in [0.25, 0.3) is 0 Å². The van der Waals surface area contributed by atoms with E-state index in [1.807, 2.05) is 31.2 Å². The summed E-state index contributed by atoms with van der Waals surface area (Å²) in [6, 6.07) is 7.76. The van der Waals surface area contributed by atoms with Gasteiger partial charge in [-0.15, -0.1) is 11.3 Å². The molecule has 0 aliphatic rings. The first kappa shape index (κ1) is 17.1. The van der Waals surface area contributed by atoms with Gasteiger partial charge >= 0.3 is 5.97 Å². The lowest BCUT2D eigenvalue weighted by molar-refractivity contribution is -0.106. The maximum Gasteiger partial charge on any atom is 0.350 e. The molecule has 2 aromatic rings. The largest absolute Gasteiger partial charge is 0.462 e. The topological polar surface area (TPSA) is 68.3 Å². The second-order valence-corrected chi connectivity index (χ2v) is 5.97. The summed E-state index contributed by atoms with van der Waals surface area (Å²) in [5.74, 6) is -0.310. The Morgan fingerprint density at radius 1 is 1.39 bits per heavy atom. The van der Waals surface area contributed by atoms with Crippen LogP contribution in [-0.2, 0) is 22.4 Å². The number of esters is 1. The average Bonchev–Trinajstić information content (AvgIpc) is 2.96. The number of benzene rings is 1. The average molecular weight is 332 g/mol. The minimum atomic E-state index is -0.310. The van der Waals surface area contributed by atoms with Crippen LogP contribution in [0, 0.1) is 0 Å². The first-order valence-corrected chi connectivity index (χ1v) is 8.41. The summed E-state index contributed by atoms with van der Waals surface area (Å²) in [7, 11) is 0. The highest BCUT2D eigenvalue weighted by atomic mass is 32.1. The van der Waals surface area contributed by atoms with E-state index in [-0.39, 0.29) is 12.5 Å². The molecule has 2 rings (SSSR count). The van der Waals surface area contributed by atoms with E-state index in [4.69, 9.17) is 4.74 Å². The molecule has 0 unspecified atom stereocenters. The number of thiazole rings is 1. The molecule has 0 saturated heterocycles. The molecule has 0 spiro atoms. The van der Waals surface area contributed by atoms with E-state index in [0.717, 1.165) is 34.7 Å². The van der Waals surface area contributed by atoms with Gasteiger partial charge < -0.3 is 14.8 Å². The zero-order chi connectivity index (χ0) is 16.7. The molecule has 0 atom stereocenters. The van der Waals surface area contributed by atoms with Gasteiger partial charge in [0.05, 0.1) is 23.9 Å². The van der Waals surface area contributed by atoms with Gasteiger partial charge in [0.15, 0.2) is 0 Å².